The van der Waals surface area contributed by atoms with Crippen molar-refractivity contribution >= 4 is 11.6 Å². The quantitative estimate of drug-likeness (QED) is 0.291. The summed E-state index contributed by atoms with van der Waals surface area (Å²) in [6.45, 7) is 2.01. The average molecular weight is 436 g/mol. The predicted molar refractivity (Wildman–Crippen MR) is 131 cm³/mol. The van der Waals surface area contributed by atoms with Gasteiger partial charge in [0.1, 0.15) is 5.69 Å². The van der Waals surface area contributed by atoms with Crippen molar-refractivity contribution < 1.29 is 9.59 Å². The third kappa shape index (κ3) is 4.67. The number of aryl methyl sites for hydroxylation is 1. The number of carbonyl (C=O) groups excluding carboxylic acids is 2. The number of benzene rings is 3. The molecule has 0 atom stereocenters. The van der Waals surface area contributed by atoms with Crippen LogP contribution in [0, 0.1) is 6.92 Å². The zero-order valence-corrected chi connectivity index (χ0v) is 18.9. The van der Waals surface area contributed by atoms with Crippen molar-refractivity contribution in [3.05, 3.63) is 120 Å². The molecule has 0 radical (unpaired) electrons. The van der Waals surface area contributed by atoms with Gasteiger partial charge in [-0.25, -0.2) is 4.68 Å². The van der Waals surface area contributed by atoms with E-state index in [0.717, 1.165) is 16.8 Å². The molecule has 0 aliphatic rings. The first kappa shape index (κ1) is 22.0. The molecule has 0 amide bonds. The molecule has 4 aromatic rings. The second kappa shape index (κ2) is 9.49. The molecule has 164 valence electrons. The van der Waals surface area contributed by atoms with Gasteiger partial charge in [0, 0.05) is 37.5 Å². The minimum absolute atomic E-state index is 0.126. The molecule has 5 nitrogen and oxygen atoms in total. The lowest BCUT2D eigenvalue weighted by Gasteiger charge is -2.10. The van der Waals surface area contributed by atoms with Gasteiger partial charge >= 0.3 is 0 Å². The molecule has 0 saturated heterocycles. The normalized spacial score (nSPS) is 11.0. The minimum Gasteiger partial charge on any atom is -0.383 e. The number of allylic oxidation sites excluding steroid dienone is 1. The van der Waals surface area contributed by atoms with E-state index in [1.54, 1.807) is 27.9 Å². The number of nitrogens with zero attached hydrogens (tertiary/aromatic N) is 3. The average Bonchev–Trinajstić information content (AvgIpc) is 3.24. The first-order valence-corrected chi connectivity index (χ1v) is 10.7. The zero-order valence-electron chi connectivity index (χ0n) is 18.9. The van der Waals surface area contributed by atoms with Gasteiger partial charge in [-0.15, -0.1) is 0 Å². The maximum atomic E-state index is 13.8. The van der Waals surface area contributed by atoms with Crippen LogP contribution < -0.4 is 0 Å². The van der Waals surface area contributed by atoms with Crippen LogP contribution in [0.3, 0.4) is 0 Å². The van der Waals surface area contributed by atoms with E-state index in [-0.39, 0.29) is 17.3 Å². The van der Waals surface area contributed by atoms with E-state index < -0.39 is 0 Å². The van der Waals surface area contributed by atoms with Gasteiger partial charge in [0.15, 0.2) is 5.78 Å². The topological polar surface area (TPSA) is 55.2 Å². The highest BCUT2D eigenvalue weighted by molar-refractivity contribution is 6.20. The first-order valence-electron chi connectivity index (χ1n) is 10.7. The molecular formula is C28H25N3O2. The van der Waals surface area contributed by atoms with Crippen LogP contribution in [0.25, 0.3) is 16.9 Å². The van der Waals surface area contributed by atoms with Gasteiger partial charge in [0.05, 0.1) is 16.9 Å². The largest absolute Gasteiger partial charge is 0.383 e. The minimum atomic E-state index is -0.328. The first-order chi connectivity index (χ1) is 16.0. The lowest BCUT2D eigenvalue weighted by atomic mass is 9.96. The molecule has 33 heavy (non-hydrogen) atoms. The van der Waals surface area contributed by atoms with Crippen molar-refractivity contribution in [3.8, 4) is 16.9 Å². The summed E-state index contributed by atoms with van der Waals surface area (Å²) < 4.78 is 1.70. The number of aromatic nitrogens is 2. The maximum Gasteiger partial charge on any atom is 0.208 e. The van der Waals surface area contributed by atoms with Gasteiger partial charge in [0.2, 0.25) is 5.78 Å². The van der Waals surface area contributed by atoms with Gasteiger partial charge in [-0.2, -0.15) is 5.10 Å². The predicted octanol–water partition coefficient (Wildman–Crippen LogP) is 5.34. The summed E-state index contributed by atoms with van der Waals surface area (Å²) >= 11 is 0. The molecule has 0 aliphatic carbocycles. The van der Waals surface area contributed by atoms with Crippen molar-refractivity contribution in [2.45, 2.75) is 6.92 Å². The Morgan fingerprint density at radius 1 is 0.848 bits per heavy atom. The van der Waals surface area contributed by atoms with Crippen LogP contribution in [0.2, 0.25) is 0 Å². The van der Waals surface area contributed by atoms with Crippen LogP contribution in [0.15, 0.2) is 97.2 Å². The van der Waals surface area contributed by atoms with Crippen molar-refractivity contribution in [3.63, 3.8) is 0 Å². The summed E-state index contributed by atoms with van der Waals surface area (Å²) in [5.41, 5.74) is 4.21. The van der Waals surface area contributed by atoms with Gasteiger partial charge < -0.3 is 4.90 Å². The molecule has 0 unspecified atom stereocenters. The number of rotatable bonds is 7. The molecule has 0 aliphatic heterocycles. The molecule has 0 fully saturated rings. The lowest BCUT2D eigenvalue weighted by molar-refractivity contribution is 0.100. The fourth-order valence-electron chi connectivity index (χ4n) is 3.57. The molecular weight excluding hydrogens is 410 g/mol. The molecule has 0 spiro atoms. The third-order valence-electron chi connectivity index (χ3n) is 5.23. The standard InChI is InChI=1S/C28H25N3O2/c1-20-14-16-23(17-15-20)31-27(21-10-6-4-7-11-21)25(28(33)22-12-8-5-9-13-22)26(29-31)24(32)18-19-30(2)3/h4-19H,1-3H3/b19-18+. The van der Waals surface area contributed by atoms with Crippen molar-refractivity contribution in [2.24, 2.45) is 0 Å². The Bertz CT molecular complexity index is 1300. The number of hydrogen-bond donors (Lipinski definition) is 0. The number of carbonyl (C=O) groups is 2. The van der Waals surface area contributed by atoms with Gasteiger partial charge in [-0.1, -0.05) is 78.4 Å². The highest BCUT2D eigenvalue weighted by Crippen LogP contribution is 2.32. The Balaban J connectivity index is 2.02. The summed E-state index contributed by atoms with van der Waals surface area (Å²) in [5.74, 6) is -0.569. The fraction of sp³-hybridized carbons (Fsp3) is 0.107. The van der Waals surface area contributed by atoms with Gasteiger partial charge in [-0.05, 0) is 19.1 Å². The molecule has 3 aromatic carbocycles. The highest BCUT2D eigenvalue weighted by Gasteiger charge is 2.29. The highest BCUT2D eigenvalue weighted by atomic mass is 16.1. The van der Waals surface area contributed by atoms with Crippen LogP contribution >= 0.6 is 0 Å². The van der Waals surface area contributed by atoms with Crippen molar-refractivity contribution in [1.82, 2.24) is 14.7 Å². The fourth-order valence-corrected chi connectivity index (χ4v) is 3.57. The molecule has 4 rings (SSSR count). The van der Waals surface area contributed by atoms with Crippen LogP contribution in [-0.2, 0) is 0 Å². The molecule has 5 heteroatoms. The molecule has 0 N–H and O–H groups in total. The van der Waals surface area contributed by atoms with E-state index in [0.29, 0.717) is 16.8 Å². The Morgan fingerprint density at radius 2 is 1.45 bits per heavy atom. The summed E-state index contributed by atoms with van der Waals surface area (Å²) in [7, 11) is 3.67. The monoisotopic (exact) mass is 435 g/mol. The number of hydrogen-bond acceptors (Lipinski definition) is 4. The van der Waals surface area contributed by atoms with Crippen LogP contribution in [0.5, 0.6) is 0 Å². The zero-order chi connectivity index (χ0) is 23.4. The number of ketones is 2. The van der Waals surface area contributed by atoms with E-state index in [1.807, 2.05) is 93.8 Å². The van der Waals surface area contributed by atoms with E-state index >= 15 is 0 Å². The van der Waals surface area contributed by atoms with Gasteiger partial charge in [0.25, 0.3) is 0 Å². The Kier molecular flexibility index (Phi) is 6.31. The Hall–Kier alpha value is -4.25. The van der Waals surface area contributed by atoms with E-state index in [4.69, 9.17) is 0 Å². The second-order valence-electron chi connectivity index (χ2n) is 8.02. The lowest BCUT2D eigenvalue weighted by Crippen LogP contribution is -2.10. The summed E-state index contributed by atoms with van der Waals surface area (Å²) in [5, 5.41) is 4.69. The SMILES string of the molecule is Cc1ccc(-n2nc(C(=O)/C=C/N(C)C)c(C(=O)c3ccccc3)c2-c2ccccc2)cc1. The molecule has 1 heterocycles. The van der Waals surface area contributed by atoms with E-state index in [1.165, 1.54) is 6.08 Å². The Morgan fingerprint density at radius 3 is 2.06 bits per heavy atom. The maximum absolute atomic E-state index is 13.8. The van der Waals surface area contributed by atoms with Crippen molar-refractivity contribution in [2.75, 3.05) is 14.1 Å². The smallest absolute Gasteiger partial charge is 0.208 e. The summed E-state index contributed by atoms with van der Waals surface area (Å²) in [6.07, 6.45) is 3.10. The molecule has 1 aromatic heterocycles. The van der Waals surface area contributed by atoms with Crippen molar-refractivity contribution in [1.29, 1.82) is 0 Å². The third-order valence-corrected chi connectivity index (χ3v) is 5.23. The summed E-state index contributed by atoms with van der Waals surface area (Å²) in [4.78, 5) is 28.8. The second-order valence-corrected chi connectivity index (χ2v) is 8.02. The van der Waals surface area contributed by atoms with Crippen LogP contribution in [0.4, 0.5) is 0 Å². The molecule has 0 bridgehead atoms. The van der Waals surface area contributed by atoms with Crippen LogP contribution in [-0.4, -0.2) is 40.3 Å². The van der Waals surface area contributed by atoms with Gasteiger partial charge in [-0.3, -0.25) is 9.59 Å². The van der Waals surface area contributed by atoms with Crippen LogP contribution in [0.1, 0.15) is 32.0 Å². The Labute approximate surface area is 193 Å². The molecule has 0 saturated carbocycles. The summed E-state index contributed by atoms with van der Waals surface area (Å²) in [6, 6.07) is 26.4. The van der Waals surface area contributed by atoms with E-state index in [9.17, 15) is 9.59 Å². The van der Waals surface area contributed by atoms with E-state index in [2.05, 4.69) is 5.10 Å².